The van der Waals surface area contributed by atoms with Crippen molar-refractivity contribution in [3.05, 3.63) is 10.1 Å². The van der Waals surface area contributed by atoms with Crippen molar-refractivity contribution in [3.8, 4) is 0 Å². The zero-order valence-corrected chi connectivity index (χ0v) is 8.23. The SMILES string of the molecule is O=[N+]([O-])CC(S)S.[H-].[Na+]. The fourth-order valence-corrected chi connectivity index (χ4v) is 0.400. The van der Waals surface area contributed by atoms with Crippen LogP contribution >= 0.6 is 25.3 Å². The van der Waals surface area contributed by atoms with Gasteiger partial charge in [0.2, 0.25) is 6.54 Å². The first-order valence-electron chi connectivity index (χ1n) is 1.61. The third-order valence-electron chi connectivity index (χ3n) is 0.312. The molecule has 0 aromatic carbocycles. The zero-order chi connectivity index (χ0) is 5.86. The smallest absolute Gasteiger partial charge is 1.00 e. The minimum Gasteiger partial charge on any atom is -1.00 e. The van der Waals surface area contributed by atoms with E-state index in [1.165, 1.54) is 0 Å². The molecule has 0 heterocycles. The Morgan fingerprint density at radius 3 is 2.12 bits per heavy atom. The van der Waals surface area contributed by atoms with Gasteiger partial charge in [-0.2, -0.15) is 25.3 Å². The van der Waals surface area contributed by atoms with E-state index in [1.807, 2.05) is 0 Å². The van der Waals surface area contributed by atoms with Crippen LogP contribution in [-0.2, 0) is 0 Å². The summed E-state index contributed by atoms with van der Waals surface area (Å²) in [6, 6.07) is 0. The first-order valence-corrected chi connectivity index (χ1v) is 2.64. The van der Waals surface area contributed by atoms with Crippen LogP contribution < -0.4 is 29.6 Å². The van der Waals surface area contributed by atoms with Gasteiger partial charge in [0.1, 0.15) is 4.58 Å². The molecular formula is C2H6NNaO2S2. The molecule has 0 fully saturated rings. The van der Waals surface area contributed by atoms with Crippen molar-refractivity contribution in [3.63, 3.8) is 0 Å². The molecule has 0 spiro atoms. The summed E-state index contributed by atoms with van der Waals surface area (Å²) in [7, 11) is 0. The van der Waals surface area contributed by atoms with Gasteiger partial charge in [-0.1, -0.05) is 0 Å². The van der Waals surface area contributed by atoms with Gasteiger partial charge in [-0.15, -0.1) is 0 Å². The van der Waals surface area contributed by atoms with E-state index in [1.54, 1.807) is 0 Å². The predicted octanol–water partition coefficient (Wildman–Crippen LogP) is -2.43. The molecule has 8 heavy (non-hydrogen) atoms. The van der Waals surface area contributed by atoms with Gasteiger partial charge < -0.3 is 1.43 Å². The van der Waals surface area contributed by atoms with E-state index in [4.69, 9.17) is 0 Å². The molecule has 44 valence electrons. The summed E-state index contributed by atoms with van der Waals surface area (Å²) in [4.78, 5) is 9.06. The predicted molar refractivity (Wildman–Crippen MR) is 34.7 cm³/mol. The number of rotatable bonds is 2. The van der Waals surface area contributed by atoms with Crippen LogP contribution in [0.15, 0.2) is 0 Å². The molecule has 0 saturated carbocycles. The third kappa shape index (κ3) is 10.2. The van der Waals surface area contributed by atoms with Gasteiger partial charge in [-0.05, 0) is 0 Å². The van der Waals surface area contributed by atoms with Crippen LogP contribution in [0.3, 0.4) is 0 Å². The van der Waals surface area contributed by atoms with Crippen molar-refractivity contribution >= 4 is 25.3 Å². The van der Waals surface area contributed by atoms with Crippen LogP contribution in [-0.4, -0.2) is 16.1 Å². The van der Waals surface area contributed by atoms with E-state index in [9.17, 15) is 10.1 Å². The summed E-state index contributed by atoms with van der Waals surface area (Å²) in [5.74, 6) is 0. The molecule has 3 nitrogen and oxygen atoms in total. The van der Waals surface area contributed by atoms with Crippen LogP contribution in [0.25, 0.3) is 0 Å². The van der Waals surface area contributed by atoms with E-state index in [-0.39, 0.29) is 37.5 Å². The summed E-state index contributed by atoms with van der Waals surface area (Å²) in [6.07, 6.45) is 0. The van der Waals surface area contributed by atoms with Gasteiger partial charge in [-0.3, -0.25) is 10.1 Å². The Morgan fingerprint density at radius 1 is 1.75 bits per heavy atom. The first-order chi connectivity index (χ1) is 3.13. The van der Waals surface area contributed by atoms with Crippen LogP contribution in [0.2, 0.25) is 0 Å². The largest absolute Gasteiger partial charge is 1.00 e. The van der Waals surface area contributed by atoms with Crippen LogP contribution in [0.1, 0.15) is 1.43 Å². The molecule has 0 N–H and O–H groups in total. The molecule has 0 aromatic heterocycles. The summed E-state index contributed by atoms with van der Waals surface area (Å²) >= 11 is 7.32. The second-order valence-electron chi connectivity index (χ2n) is 0.996. The molecule has 6 heteroatoms. The minimum atomic E-state index is -0.454. The average Bonchev–Trinajstić information content (AvgIpc) is 1.27. The van der Waals surface area contributed by atoms with Gasteiger partial charge in [-0.25, -0.2) is 0 Å². The number of nitrogens with zero attached hydrogens (tertiary/aromatic N) is 1. The van der Waals surface area contributed by atoms with Gasteiger partial charge >= 0.3 is 29.6 Å². The average molecular weight is 163 g/mol. The van der Waals surface area contributed by atoms with Gasteiger partial charge in [0.05, 0.1) is 0 Å². The van der Waals surface area contributed by atoms with E-state index in [0.29, 0.717) is 0 Å². The van der Waals surface area contributed by atoms with Gasteiger partial charge in [0.25, 0.3) is 0 Å². The van der Waals surface area contributed by atoms with Crippen molar-refractivity contribution in [2.45, 2.75) is 4.58 Å². The molecule has 0 aliphatic heterocycles. The van der Waals surface area contributed by atoms with Crippen molar-refractivity contribution < 1.29 is 35.9 Å². The Kier molecular flexibility index (Phi) is 9.21. The molecule has 0 aliphatic rings. The maximum absolute atomic E-state index is 9.52. The van der Waals surface area contributed by atoms with Crippen molar-refractivity contribution in [2.24, 2.45) is 0 Å². The number of hydrogen-bond donors (Lipinski definition) is 2. The van der Waals surface area contributed by atoms with Gasteiger partial charge in [0, 0.05) is 4.92 Å². The Hall–Kier alpha value is 1.10. The van der Waals surface area contributed by atoms with Crippen molar-refractivity contribution in [2.75, 3.05) is 6.54 Å². The second-order valence-corrected chi connectivity index (χ2v) is 2.65. The maximum atomic E-state index is 9.52. The summed E-state index contributed by atoms with van der Waals surface area (Å²) in [6.45, 7) is -0.188. The van der Waals surface area contributed by atoms with E-state index >= 15 is 0 Å². The Labute approximate surface area is 82.0 Å². The molecule has 0 aliphatic carbocycles. The van der Waals surface area contributed by atoms with Crippen molar-refractivity contribution in [1.82, 2.24) is 0 Å². The summed E-state index contributed by atoms with van der Waals surface area (Å²) < 4.78 is -0.435. The minimum absolute atomic E-state index is 0. The first kappa shape index (κ1) is 11.8. The molecule has 0 bridgehead atoms. The molecule has 0 saturated heterocycles. The molecule has 0 atom stereocenters. The fraction of sp³-hybridized carbons (Fsp3) is 1.00. The van der Waals surface area contributed by atoms with Crippen LogP contribution in [0.4, 0.5) is 0 Å². The van der Waals surface area contributed by atoms with E-state index < -0.39 is 9.51 Å². The second kappa shape index (κ2) is 6.22. The zero-order valence-electron chi connectivity index (χ0n) is 5.44. The Balaban J connectivity index is -0.000000180. The summed E-state index contributed by atoms with van der Waals surface area (Å²) in [5.41, 5.74) is 0. The molecule has 0 amide bonds. The molecule has 0 unspecified atom stereocenters. The number of nitro groups is 1. The Morgan fingerprint density at radius 2 is 2.12 bits per heavy atom. The fourth-order valence-electron chi connectivity index (χ4n) is 0.133. The molecule has 0 radical (unpaired) electrons. The van der Waals surface area contributed by atoms with Crippen LogP contribution in [0.5, 0.6) is 0 Å². The number of hydrogen-bond acceptors (Lipinski definition) is 4. The Bertz CT molecular complexity index is 83.0. The van der Waals surface area contributed by atoms with Gasteiger partial charge in [0.15, 0.2) is 0 Å². The standard InChI is InChI=1S/C2H5NO2S2.Na.H/c4-3(5)1-2(6)7;;/h2,6-7H,1H2;;/q;+1;-1. The molecule has 0 rings (SSSR count). The normalized spacial score (nSPS) is 8.38. The topological polar surface area (TPSA) is 43.1 Å². The maximum Gasteiger partial charge on any atom is 1.00 e. The van der Waals surface area contributed by atoms with E-state index in [0.717, 1.165) is 0 Å². The molecular weight excluding hydrogens is 157 g/mol. The van der Waals surface area contributed by atoms with Crippen LogP contribution in [0, 0.1) is 10.1 Å². The van der Waals surface area contributed by atoms with Crippen molar-refractivity contribution in [1.29, 1.82) is 0 Å². The number of thiol groups is 2. The molecule has 0 aromatic rings. The summed E-state index contributed by atoms with van der Waals surface area (Å²) in [5, 5.41) is 9.52. The third-order valence-corrected chi connectivity index (χ3v) is 0.639. The quantitative estimate of drug-likeness (QED) is 0.156. The monoisotopic (exact) mass is 163 g/mol. The van der Waals surface area contributed by atoms with E-state index in [2.05, 4.69) is 25.3 Å².